The molecule has 0 aliphatic carbocycles. The van der Waals surface area contributed by atoms with Crippen molar-refractivity contribution in [1.29, 1.82) is 0 Å². The van der Waals surface area contributed by atoms with Gasteiger partial charge >= 0.3 is 5.97 Å². The molecule has 0 aromatic rings. The number of carboxylic acid groups (broad SMARTS) is 1. The number of hydrogen-bond acceptors (Lipinski definition) is 3. The molecule has 5 heteroatoms. The number of amides is 1. The van der Waals surface area contributed by atoms with Crippen molar-refractivity contribution in [3.8, 4) is 0 Å². The number of carbonyl (C=O) groups is 2. The molecule has 1 saturated heterocycles. The number of carboxylic acids is 1. The summed E-state index contributed by atoms with van der Waals surface area (Å²) in [7, 11) is 0. The number of carbonyl (C=O) groups excluding carboxylic acids is 1. The van der Waals surface area contributed by atoms with Crippen molar-refractivity contribution in [1.82, 2.24) is 4.90 Å². The van der Waals surface area contributed by atoms with Crippen LogP contribution in [0.15, 0.2) is 0 Å². The van der Waals surface area contributed by atoms with Gasteiger partial charge in [-0.1, -0.05) is 20.3 Å². The van der Waals surface area contributed by atoms with Gasteiger partial charge in [0.2, 0.25) is 5.91 Å². The molecular weight excluding hydrogens is 196 g/mol. The lowest BCUT2D eigenvalue weighted by atomic mass is 9.98. The molecule has 1 rings (SSSR count). The van der Waals surface area contributed by atoms with E-state index in [1.807, 2.05) is 13.8 Å². The van der Waals surface area contributed by atoms with Crippen molar-refractivity contribution < 1.29 is 14.7 Å². The second-order valence-corrected chi connectivity index (χ2v) is 4.18. The molecule has 5 nitrogen and oxygen atoms in total. The van der Waals surface area contributed by atoms with Crippen LogP contribution >= 0.6 is 0 Å². The smallest absolute Gasteiger partial charge is 0.326 e. The summed E-state index contributed by atoms with van der Waals surface area (Å²) in [5.74, 6) is -1.13. The van der Waals surface area contributed by atoms with Crippen LogP contribution in [0.25, 0.3) is 0 Å². The zero-order valence-corrected chi connectivity index (χ0v) is 9.14. The maximum absolute atomic E-state index is 11.5. The van der Waals surface area contributed by atoms with Crippen LogP contribution in [0.3, 0.4) is 0 Å². The first-order valence-electron chi connectivity index (χ1n) is 5.25. The van der Waals surface area contributed by atoms with E-state index >= 15 is 0 Å². The standard InChI is InChI=1S/C10H18N2O3/c1-3-6(2)9(10(14)15)12-5-7(11)4-8(12)13/h6-7,9H,3-5,11H2,1-2H3,(H,14,15). The normalized spacial score (nSPS) is 25.4. The van der Waals surface area contributed by atoms with E-state index in [0.29, 0.717) is 6.54 Å². The van der Waals surface area contributed by atoms with E-state index in [1.54, 1.807) is 0 Å². The molecule has 3 N–H and O–H groups in total. The third kappa shape index (κ3) is 2.47. The third-order valence-electron chi connectivity index (χ3n) is 2.96. The van der Waals surface area contributed by atoms with Gasteiger partial charge in [-0.25, -0.2) is 4.79 Å². The molecule has 1 fully saturated rings. The van der Waals surface area contributed by atoms with Gasteiger partial charge in [0.15, 0.2) is 0 Å². The predicted molar refractivity (Wildman–Crippen MR) is 55.2 cm³/mol. The number of likely N-dealkylation sites (tertiary alicyclic amines) is 1. The van der Waals surface area contributed by atoms with Crippen molar-refractivity contribution in [2.24, 2.45) is 11.7 Å². The molecule has 3 atom stereocenters. The molecule has 0 aromatic heterocycles. The van der Waals surface area contributed by atoms with Crippen molar-refractivity contribution in [3.63, 3.8) is 0 Å². The lowest BCUT2D eigenvalue weighted by Crippen LogP contribution is -2.46. The Hall–Kier alpha value is -1.10. The van der Waals surface area contributed by atoms with Gasteiger partial charge in [0.25, 0.3) is 0 Å². The summed E-state index contributed by atoms with van der Waals surface area (Å²) in [5.41, 5.74) is 5.64. The Bertz CT molecular complexity index is 267. The van der Waals surface area contributed by atoms with Crippen molar-refractivity contribution >= 4 is 11.9 Å². The molecule has 1 aliphatic heterocycles. The van der Waals surface area contributed by atoms with Crippen molar-refractivity contribution in [2.45, 2.75) is 38.8 Å². The topological polar surface area (TPSA) is 83.6 Å². The van der Waals surface area contributed by atoms with Gasteiger partial charge in [-0.05, 0) is 5.92 Å². The average molecular weight is 214 g/mol. The zero-order chi connectivity index (χ0) is 11.6. The molecule has 1 heterocycles. The summed E-state index contributed by atoms with van der Waals surface area (Å²) in [6, 6.07) is -0.945. The minimum atomic E-state index is -0.938. The van der Waals surface area contributed by atoms with Crippen LogP contribution in [0.2, 0.25) is 0 Å². The Morgan fingerprint density at radius 2 is 2.33 bits per heavy atom. The Labute approximate surface area is 89.2 Å². The molecular formula is C10H18N2O3. The Kier molecular flexibility index (Phi) is 3.68. The van der Waals surface area contributed by atoms with Gasteiger partial charge in [0.05, 0.1) is 0 Å². The van der Waals surface area contributed by atoms with Crippen molar-refractivity contribution in [3.05, 3.63) is 0 Å². The second-order valence-electron chi connectivity index (χ2n) is 4.18. The van der Waals surface area contributed by atoms with Gasteiger partial charge in [-0.15, -0.1) is 0 Å². The molecule has 0 saturated carbocycles. The highest BCUT2D eigenvalue weighted by Gasteiger charge is 2.38. The highest BCUT2D eigenvalue weighted by Crippen LogP contribution is 2.20. The number of aliphatic carboxylic acids is 1. The number of rotatable bonds is 4. The van der Waals surface area contributed by atoms with Crippen LogP contribution in [0.4, 0.5) is 0 Å². The van der Waals surface area contributed by atoms with Crippen LogP contribution < -0.4 is 5.73 Å². The Morgan fingerprint density at radius 3 is 2.67 bits per heavy atom. The number of nitrogens with two attached hydrogens (primary N) is 1. The van der Waals surface area contributed by atoms with Crippen LogP contribution in [0.5, 0.6) is 0 Å². The molecule has 86 valence electrons. The minimum absolute atomic E-state index is 0.0447. The zero-order valence-electron chi connectivity index (χ0n) is 9.14. The first-order valence-corrected chi connectivity index (χ1v) is 5.25. The largest absolute Gasteiger partial charge is 0.480 e. The minimum Gasteiger partial charge on any atom is -0.480 e. The highest BCUT2D eigenvalue weighted by molar-refractivity contribution is 5.85. The fourth-order valence-electron chi connectivity index (χ4n) is 1.94. The van der Waals surface area contributed by atoms with Gasteiger partial charge in [0.1, 0.15) is 6.04 Å². The van der Waals surface area contributed by atoms with Gasteiger partial charge in [-0.3, -0.25) is 4.79 Å². The van der Waals surface area contributed by atoms with Crippen LogP contribution in [-0.4, -0.2) is 40.5 Å². The Morgan fingerprint density at radius 1 is 1.73 bits per heavy atom. The molecule has 0 aromatic carbocycles. The third-order valence-corrected chi connectivity index (χ3v) is 2.96. The summed E-state index contributed by atoms with van der Waals surface area (Å²) in [4.78, 5) is 24.0. The molecule has 0 radical (unpaired) electrons. The highest BCUT2D eigenvalue weighted by atomic mass is 16.4. The van der Waals surface area contributed by atoms with E-state index in [9.17, 15) is 9.59 Å². The second kappa shape index (κ2) is 4.61. The maximum Gasteiger partial charge on any atom is 0.326 e. The summed E-state index contributed by atoms with van der Waals surface area (Å²) in [6.45, 7) is 4.12. The first-order chi connectivity index (χ1) is 6.97. The quantitative estimate of drug-likeness (QED) is 0.692. The monoisotopic (exact) mass is 214 g/mol. The maximum atomic E-state index is 11.5. The summed E-state index contributed by atoms with van der Waals surface area (Å²) >= 11 is 0. The van der Waals surface area contributed by atoms with E-state index < -0.39 is 12.0 Å². The molecule has 1 aliphatic rings. The van der Waals surface area contributed by atoms with E-state index in [2.05, 4.69) is 0 Å². The molecule has 1 amide bonds. The SMILES string of the molecule is CCC(C)C(C(=O)O)N1CC(N)CC1=O. The molecule has 15 heavy (non-hydrogen) atoms. The van der Waals surface area contributed by atoms with E-state index in [0.717, 1.165) is 6.42 Å². The van der Waals surface area contributed by atoms with Gasteiger partial charge in [-0.2, -0.15) is 0 Å². The fraction of sp³-hybridized carbons (Fsp3) is 0.800. The Balaban J connectivity index is 2.81. The lowest BCUT2D eigenvalue weighted by Gasteiger charge is -2.28. The van der Waals surface area contributed by atoms with E-state index in [4.69, 9.17) is 10.8 Å². The van der Waals surface area contributed by atoms with Gasteiger partial charge in [0, 0.05) is 19.0 Å². The van der Waals surface area contributed by atoms with Crippen molar-refractivity contribution in [2.75, 3.05) is 6.54 Å². The average Bonchev–Trinajstić information content (AvgIpc) is 2.45. The summed E-state index contributed by atoms with van der Waals surface area (Å²) < 4.78 is 0. The number of hydrogen-bond donors (Lipinski definition) is 2. The number of nitrogens with zero attached hydrogens (tertiary/aromatic N) is 1. The summed E-state index contributed by atoms with van der Waals surface area (Å²) in [6.07, 6.45) is 0.996. The first kappa shape index (κ1) is 12.0. The van der Waals surface area contributed by atoms with E-state index in [-0.39, 0.29) is 24.3 Å². The van der Waals surface area contributed by atoms with Crippen LogP contribution in [0, 0.1) is 5.92 Å². The van der Waals surface area contributed by atoms with Crippen LogP contribution in [0.1, 0.15) is 26.7 Å². The van der Waals surface area contributed by atoms with E-state index in [1.165, 1.54) is 4.90 Å². The van der Waals surface area contributed by atoms with Crippen LogP contribution in [-0.2, 0) is 9.59 Å². The van der Waals surface area contributed by atoms with Gasteiger partial charge < -0.3 is 15.7 Å². The summed E-state index contributed by atoms with van der Waals surface area (Å²) in [5, 5.41) is 9.10. The molecule has 0 bridgehead atoms. The fourth-order valence-corrected chi connectivity index (χ4v) is 1.94. The molecule has 0 spiro atoms. The molecule has 3 unspecified atom stereocenters. The lowest BCUT2D eigenvalue weighted by molar-refractivity contribution is -0.150. The predicted octanol–water partition coefficient (Wildman–Crippen LogP) is 0.0453.